The Bertz CT molecular complexity index is 46.1. The van der Waals surface area contributed by atoms with Crippen LogP contribution in [0.5, 0.6) is 0 Å². The maximum Gasteiger partial charge on any atom is 0.524 e. The van der Waals surface area contributed by atoms with Crippen LogP contribution in [0, 0.1) is 0 Å². The molecule has 0 aliphatic carbocycles. The largest absolute Gasteiger partial charge is 0.524 e. The molecule has 0 saturated heterocycles. The van der Waals surface area contributed by atoms with Crippen LogP contribution in [-0.2, 0) is 4.84 Å². The van der Waals surface area contributed by atoms with Gasteiger partial charge in [0.25, 0.3) is 0 Å². The fraction of sp³-hybridized carbons (Fsp3) is 0. The lowest BCUT2D eigenvalue weighted by Gasteiger charge is -1.77. The van der Waals surface area contributed by atoms with E-state index in [4.69, 9.17) is 9.90 Å². The van der Waals surface area contributed by atoms with E-state index in [1.807, 2.05) is 0 Å². The molecule has 4 nitrogen and oxygen atoms in total. The summed E-state index contributed by atoms with van der Waals surface area (Å²) in [6.45, 7) is 0. The van der Waals surface area contributed by atoms with Gasteiger partial charge in [-0.05, 0) is 0 Å². The monoisotopic (exact) mass is 205 g/mol. The van der Waals surface area contributed by atoms with Crippen molar-refractivity contribution < 1.29 is 14.7 Å². The van der Waals surface area contributed by atoms with Crippen LogP contribution in [-0.4, -0.2) is 11.3 Å². The first kappa shape index (κ1) is 9.35. The average molecular weight is 205 g/mol. The van der Waals surface area contributed by atoms with Crippen LogP contribution in [0.1, 0.15) is 0 Å². The van der Waals surface area contributed by atoms with Gasteiger partial charge in [-0.3, -0.25) is 0 Å². The lowest BCUT2D eigenvalue weighted by atomic mass is 11.4. The molecule has 6 heavy (non-hydrogen) atoms. The lowest BCUT2D eigenvalue weighted by Crippen LogP contribution is -2.04. The quantitative estimate of drug-likeness (QED) is 0.436. The zero-order valence-electron chi connectivity index (χ0n) is 2.75. The summed E-state index contributed by atoms with van der Waals surface area (Å²) in [4.78, 5) is 12.2. The third kappa shape index (κ3) is 9.03. The van der Waals surface area contributed by atoms with Crippen molar-refractivity contribution in [1.82, 2.24) is 0 Å². The molecule has 0 unspecified atom stereocenters. The van der Waals surface area contributed by atoms with Gasteiger partial charge in [-0.2, -0.15) is 5.90 Å². The maximum absolute atomic E-state index is 9.02. The Morgan fingerprint density at radius 3 is 2.00 bits per heavy atom. The SMILES string of the molecule is I.NOC(=O)O. The van der Waals surface area contributed by atoms with E-state index < -0.39 is 6.16 Å². The molecule has 0 aliphatic heterocycles. The minimum atomic E-state index is -1.47. The maximum atomic E-state index is 9.02. The molecule has 0 spiro atoms. The van der Waals surface area contributed by atoms with Crippen molar-refractivity contribution in [3.8, 4) is 0 Å². The normalized spacial score (nSPS) is 5.50. The van der Waals surface area contributed by atoms with Crippen molar-refractivity contribution in [2.24, 2.45) is 5.90 Å². The zero-order chi connectivity index (χ0) is 4.28. The van der Waals surface area contributed by atoms with Crippen molar-refractivity contribution >= 4 is 30.1 Å². The number of carbonyl (C=O) groups is 1. The van der Waals surface area contributed by atoms with E-state index in [2.05, 4.69) is 10.7 Å². The molecule has 0 saturated carbocycles. The molecule has 0 atom stereocenters. The molecule has 0 heterocycles. The van der Waals surface area contributed by atoms with Crippen molar-refractivity contribution in [3.63, 3.8) is 0 Å². The van der Waals surface area contributed by atoms with E-state index in [0.29, 0.717) is 0 Å². The zero-order valence-corrected chi connectivity index (χ0v) is 5.08. The molecular weight excluding hydrogens is 201 g/mol. The molecule has 0 fully saturated rings. The predicted octanol–water partition coefficient (Wildman–Crippen LogP) is 0.173. The predicted molar refractivity (Wildman–Crippen MR) is 28.7 cm³/mol. The van der Waals surface area contributed by atoms with Gasteiger partial charge in [0.05, 0.1) is 0 Å². The summed E-state index contributed by atoms with van der Waals surface area (Å²) in [5.74, 6) is 4.07. The highest BCUT2D eigenvalue weighted by Crippen LogP contribution is 1.55. The highest BCUT2D eigenvalue weighted by Gasteiger charge is 1.82. The summed E-state index contributed by atoms with van der Waals surface area (Å²) >= 11 is 0. The number of halogens is 1. The Hall–Kier alpha value is -0.0400. The molecule has 0 bridgehead atoms. The fourth-order valence-corrected chi connectivity index (χ4v) is 0. The number of nitrogens with two attached hydrogens (primary N) is 1. The Morgan fingerprint density at radius 2 is 2.00 bits per heavy atom. The van der Waals surface area contributed by atoms with E-state index >= 15 is 0 Å². The van der Waals surface area contributed by atoms with E-state index in [-0.39, 0.29) is 24.0 Å². The molecule has 0 aromatic rings. The second kappa shape index (κ2) is 4.96. The molecule has 5 heteroatoms. The number of rotatable bonds is 0. The van der Waals surface area contributed by atoms with Gasteiger partial charge in [-0.1, -0.05) is 0 Å². The van der Waals surface area contributed by atoms with Crippen molar-refractivity contribution in [3.05, 3.63) is 0 Å². The minimum Gasteiger partial charge on any atom is -0.448 e. The van der Waals surface area contributed by atoms with Gasteiger partial charge in [0.1, 0.15) is 0 Å². The van der Waals surface area contributed by atoms with Gasteiger partial charge in [0.2, 0.25) is 0 Å². The average Bonchev–Trinajstić information content (AvgIpc) is 1.38. The molecule has 0 radical (unpaired) electrons. The molecule has 3 N–H and O–H groups in total. The lowest BCUT2D eigenvalue weighted by molar-refractivity contribution is 0.0921. The summed E-state index contributed by atoms with van der Waals surface area (Å²) in [5, 5.41) is 7.38. The standard InChI is InChI=1S/CH3NO3.HI/c2-5-1(3)4;/h2H2,(H,3,4);1H. The topological polar surface area (TPSA) is 72.5 Å². The minimum absolute atomic E-state index is 0. The number of hydrogen-bond acceptors (Lipinski definition) is 3. The Kier molecular flexibility index (Phi) is 7.73. The van der Waals surface area contributed by atoms with Gasteiger partial charge in [0.15, 0.2) is 0 Å². The van der Waals surface area contributed by atoms with Crippen LogP contribution in [0.25, 0.3) is 0 Å². The van der Waals surface area contributed by atoms with E-state index in [9.17, 15) is 0 Å². The molecule has 0 amide bonds. The van der Waals surface area contributed by atoms with Gasteiger partial charge in [-0.15, -0.1) is 24.0 Å². The van der Waals surface area contributed by atoms with Gasteiger partial charge in [-0.25, -0.2) is 4.79 Å². The van der Waals surface area contributed by atoms with E-state index in [1.165, 1.54) is 0 Å². The highest BCUT2D eigenvalue weighted by molar-refractivity contribution is 14.0. The fourth-order valence-electron chi connectivity index (χ4n) is 0. The molecule has 0 rings (SSSR count). The third-order valence-electron chi connectivity index (χ3n) is 0.101. The molecule has 0 aromatic carbocycles. The Balaban J connectivity index is 0. The second-order valence-corrected chi connectivity index (χ2v) is 0.384. The molecule has 38 valence electrons. The second-order valence-electron chi connectivity index (χ2n) is 0.384. The molecule has 0 aliphatic rings. The van der Waals surface area contributed by atoms with Crippen molar-refractivity contribution in [2.75, 3.05) is 0 Å². The van der Waals surface area contributed by atoms with Gasteiger partial charge in [0, 0.05) is 0 Å². The third-order valence-corrected chi connectivity index (χ3v) is 0.101. The van der Waals surface area contributed by atoms with Crippen LogP contribution in [0.2, 0.25) is 0 Å². The van der Waals surface area contributed by atoms with E-state index in [1.54, 1.807) is 0 Å². The smallest absolute Gasteiger partial charge is 0.448 e. The van der Waals surface area contributed by atoms with Gasteiger partial charge >= 0.3 is 6.16 Å². The first-order valence-electron chi connectivity index (χ1n) is 0.868. The summed E-state index contributed by atoms with van der Waals surface area (Å²) in [7, 11) is 0. The summed E-state index contributed by atoms with van der Waals surface area (Å²) < 4.78 is 0. The number of carboxylic acid groups (broad SMARTS) is 1. The van der Waals surface area contributed by atoms with Crippen LogP contribution >= 0.6 is 24.0 Å². The first-order chi connectivity index (χ1) is 2.27. The van der Waals surface area contributed by atoms with Crippen LogP contribution in [0.3, 0.4) is 0 Å². The van der Waals surface area contributed by atoms with Crippen LogP contribution in [0.4, 0.5) is 4.79 Å². The van der Waals surface area contributed by atoms with Crippen LogP contribution < -0.4 is 5.90 Å². The van der Waals surface area contributed by atoms with Gasteiger partial charge < -0.3 is 9.94 Å². The summed E-state index contributed by atoms with van der Waals surface area (Å²) in [5.41, 5.74) is 0. The Labute approximate surface area is 51.2 Å². The summed E-state index contributed by atoms with van der Waals surface area (Å²) in [6.07, 6.45) is -1.47. The molecular formula is CH4INO3. The highest BCUT2D eigenvalue weighted by atomic mass is 127. The number of hydrogen-bond donors (Lipinski definition) is 2. The summed E-state index contributed by atoms with van der Waals surface area (Å²) in [6, 6.07) is 0. The first-order valence-corrected chi connectivity index (χ1v) is 0.868. The Morgan fingerprint density at radius 1 is 1.83 bits per heavy atom. The van der Waals surface area contributed by atoms with Crippen molar-refractivity contribution in [2.45, 2.75) is 0 Å². The van der Waals surface area contributed by atoms with Crippen LogP contribution in [0.15, 0.2) is 0 Å². The van der Waals surface area contributed by atoms with Crippen molar-refractivity contribution in [1.29, 1.82) is 0 Å². The van der Waals surface area contributed by atoms with E-state index in [0.717, 1.165) is 0 Å². The molecule has 0 aromatic heterocycles.